The Bertz CT molecular complexity index is 335. The fraction of sp³-hybridized carbons (Fsp3) is 0.333. The van der Waals surface area contributed by atoms with Gasteiger partial charge >= 0.3 is 5.97 Å². The number of rotatable bonds is 3. The summed E-state index contributed by atoms with van der Waals surface area (Å²) in [6.45, 7) is 6.94. The summed E-state index contributed by atoms with van der Waals surface area (Å²) in [7, 11) is 1.30. The molecular formula is C9H9NO3. The van der Waals surface area contributed by atoms with Crippen molar-refractivity contribution in [1.82, 2.24) is 0 Å². The minimum absolute atomic E-state index is 0.183. The van der Waals surface area contributed by atoms with Crippen LogP contribution in [-0.2, 0) is 11.2 Å². The van der Waals surface area contributed by atoms with E-state index in [-0.39, 0.29) is 5.76 Å². The van der Waals surface area contributed by atoms with E-state index in [1.54, 1.807) is 12.1 Å². The highest BCUT2D eigenvalue weighted by atomic mass is 16.5. The predicted molar refractivity (Wildman–Crippen MR) is 45.2 cm³/mol. The van der Waals surface area contributed by atoms with Crippen LogP contribution < -0.4 is 0 Å². The molecule has 0 unspecified atom stereocenters. The molecule has 1 rings (SSSR count). The van der Waals surface area contributed by atoms with E-state index in [2.05, 4.69) is 9.58 Å². The monoisotopic (exact) mass is 179 g/mol. The fourth-order valence-electron chi connectivity index (χ4n) is 0.889. The number of esters is 1. The van der Waals surface area contributed by atoms with Gasteiger partial charge in [-0.15, -0.1) is 0 Å². The molecule has 1 aromatic heterocycles. The molecule has 0 amide bonds. The zero-order valence-corrected chi connectivity index (χ0v) is 7.24. The molecule has 1 heterocycles. The number of ether oxygens (including phenoxy) is 1. The number of carbonyl (C=O) groups excluding carboxylic acids is 1. The number of hydrogen-bond acceptors (Lipinski definition) is 3. The molecule has 0 aliphatic carbocycles. The molecule has 0 bridgehead atoms. The molecule has 0 fully saturated rings. The topological polar surface area (TPSA) is 43.8 Å². The van der Waals surface area contributed by atoms with E-state index in [4.69, 9.17) is 11.0 Å². The largest absolute Gasteiger partial charge is 0.463 e. The van der Waals surface area contributed by atoms with Gasteiger partial charge in [0, 0.05) is 0 Å². The van der Waals surface area contributed by atoms with Gasteiger partial charge < -0.3 is 14.0 Å². The molecule has 0 aliphatic heterocycles. The summed E-state index contributed by atoms with van der Waals surface area (Å²) in [6, 6.07) is 3.22. The normalized spacial score (nSPS) is 9.23. The molecule has 0 aromatic carbocycles. The van der Waals surface area contributed by atoms with E-state index in [1.807, 2.05) is 0 Å². The standard InChI is InChI=1S/C9H9NO3/c1-10-6-5-7-3-4-8(13-7)9(11)12-2/h3-4H,5-6H2,2H3. The first-order chi connectivity index (χ1) is 6.27. The molecule has 0 spiro atoms. The van der Waals surface area contributed by atoms with Gasteiger partial charge in [-0.25, -0.2) is 11.4 Å². The van der Waals surface area contributed by atoms with Crippen LogP contribution in [-0.4, -0.2) is 19.6 Å². The average Bonchev–Trinajstić information content (AvgIpc) is 2.62. The second-order valence-corrected chi connectivity index (χ2v) is 2.39. The lowest BCUT2D eigenvalue weighted by Gasteiger charge is -1.92. The van der Waals surface area contributed by atoms with E-state index in [0.29, 0.717) is 18.7 Å². The van der Waals surface area contributed by atoms with Crippen LogP contribution in [0.5, 0.6) is 0 Å². The van der Waals surface area contributed by atoms with E-state index < -0.39 is 5.97 Å². The SMILES string of the molecule is [C-]#[N+]CCc1ccc(C(=O)OC)o1. The Morgan fingerprint density at radius 2 is 2.46 bits per heavy atom. The molecule has 1 aromatic rings. The van der Waals surface area contributed by atoms with Gasteiger partial charge in [-0.05, 0) is 12.1 Å². The van der Waals surface area contributed by atoms with Gasteiger partial charge in [-0.2, -0.15) is 0 Å². The van der Waals surface area contributed by atoms with Gasteiger partial charge in [0.2, 0.25) is 12.3 Å². The van der Waals surface area contributed by atoms with Crippen LogP contribution in [0.3, 0.4) is 0 Å². The molecule has 68 valence electrons. The average molecular weight is 179 g/mol. The van der Waals surface area contributed by atoms with Crippen molar-refractivity contribution >= 4 is 5.97 Å². The van der Waals surface area contributed by atoms with Crippen molar-refractivity contribution in [2.45, 2.75) is 6.42 Å². The maximum atomic E-state index is 10.9. The van der Waals surface area contributed by atoms with Crippen molar-refractivity contribution in [1.29, 1.82) is 0 Å². The van der Waals surface area contributed by atoms with Crippen molar-refractivity contribution in [3.05, 3.63) is 35.1 Å². The predicted octanol–water partition coefficient (Wildman–Crippen LogP) is 1.53. The smallest absolute Gasteiger partial charge is 0.373 e. The Labute approximate surface area is 75.9 Å². The molecule has 4 heteroatoms. The van der Waals surface area contributed by atoms with Gasteiger partial charge in [0.15, 0.2) is 0 Å². The third kappa shape index (κ3) is 2.34. The quantitative estimate of drug-likeness (QED) is 0.522. The Kier molecular flexibility index (Phi) is 3.09. The molecule has 0 atom stereocenters. The van der Waals surface area contributed by atoms with Crippen molar-refractivity contribution in [3.8, 4) is 0 Å². The lowest BCUT2D eigenvalue weighted by molar-refractivity contribution is 0.0563. The van der Waals surface area contributed by atoms with Crippen molar-refractivity contribution in [2.24, 2.45) is 0 Å². The maximum Gasteiger partial charge on any atom is 0.373 e. The van der Waals surface area contributed by atoms with E-state index in [1.165, 1.54) is 7.11 Å². The molecule has 0 aliphatic rings. The number of methoxy groups -OCH3 is 1. The van der Waals surface area contributed by atoms with Crippen LogP contribution in [0.25, 0.3) is 4.85 Å². The number of furan rings is 1. The summed E-state index contributed by atoms with van der Waals surface area (Å²) >= 11 is 0. The van der Waals surface area contributed by atoms with Crippen molar-refractivity contribution < 1.29 is 13.9 Å². The van der Waals surface area contributed by atoms with Crippen LogP contribution in [0.2, 0.25) is 0 Å². The highest BCUT2D eigenvalue weighted by Crippen LogP contribution is 2.09. The van der Waals surface area contributed by atoms with Crippen molar-refractivity contribution in [2.75, 3.05) is 13.7 Å². The Morgan fingerprint density at radius 3 is 3.08 bits per heavy atom. The first-order valence-electron chi connectivity index (χ1n) is 3.78. The number of carbonyl (C=O) groups is 1. The maximum absolute atomic E-state index is 10.9. The molecule has 4 nitrogen and oxygen atoms in total. The summed E-state index contributed by atoms with van der Waals surface area (Å²) in [5.74, 6) is 0.327. The summed E-state index contributed by atoms with van der Waals surface area (Å²) in [4.78, 5) is 14.1. The minimum atomic E-state index is -0.492. The molecular weight excluding hydrogens is 170 g/mol. The van der Waals surface area contributed by atoms with Crippen LogP contribution >= 0.6 is 0 Å². The number of hydrogen-bond donors (Lipinski definition) is 0. The van der Waals surface area contributed by atoms with Crippen LogP contribution in [0, 0.1) is 6.57 Å². The van der Waals surface area contributed by atoms with Gasteiger partial charge in [0.05, 0.1) is 13.5 Å². The Balaban J connectivity index is 2.64. The summed E-state index contributed by atoms with van der Waals surface area (Å²) in [5.41, 5.74) is 0. The highest BCUT2D eigenvalue weighted by molar-refractivity contribution is 5.86. The molecule has 0 saturated carbocycles. The summed E-state index contributed by atoms with van der Waals surface area (Å²) < 4.78 is 9.58. The lowest BCUT2D eigenvalue weighted by atomic mass is 10.3. The third-order valence-corrected chi connectivity index (χ3v) is 1.52. The summed E-state index contributed by atoms with van der Waals surface area (Å²) in [6.07, 6.45) is 0.528. The summed E-state index contributed by atoms with van der Waals surface area (Å²) in [5, 5.41) is 0. The third-order valence-electron chi connectivity index (χ3n) is 1.52. The van der Waals surface area contributed by atoms with E-state index >= 15 is 0 Å². The molecule has 0 radical (unpaired) electrons. The molecule has 0 saturated heterocycles. The van der Waals surface area contributed by atoms with Gasteiger partial charge in [0.25, 0.3) is 0 Å². The Hall–Kier alpha value is -1.76. The molecule has 13 heavy (non-hydrogen) atoms. The van der Waals surface area contributed by atoms with Crippen LogP contribution in [0.15, 0.2) is 16.5 Å². The van der Waals surface area contributed by atoms with E-state index in [9.17, 15) is 4.79 Å². The van der Waals surface area contributed by atoms with Gasteiger partial charge in [-0.1, -0.05) is 0 Å². The highest BCUT2D eigenvalue weighted by Gasteiger charge is 2.10. The Morgan fingerprint density at radius 1 is 1.69 bits per heavy atom. The zero-order valence-electron chi connectivity index (χ0n) is 7.24. The minimum Gasteiger partial charge on any atom is -0.463 e. The number of nitrogens with zero attached hydrogens (tertiary/aromatic N) is 1. The van der Waals surface area contributed by atoms with Crippen LogP contribution in [0.1, 0.15) is 16.3 Å². The second-order valence-electron chi connectivity index (χ2n) is 2.39. The zero-order chi connectivity index (χ0) is 9.68. The second kappa shape index (κ2) is 4.31. The van der Waals surface area contributed by atoms with Gasteiger partial charge in [-0.3, -0.25) is 0 Å². The first-order valence-corrected chi connectivity index (χ1v) is 3.78. The van der Waals surface area contributed by atoms with Gasteiger partial charge in [0.1, 0.15) is 5.76 Å². The molecule has 0 N–H and O–H groups in total. The lowest BCUT2D eigenvalue weighted by Crippen LogP contribution is -1.98. The van der Waals surface area contributed by atoms with Crippen LogP contribution in [0.4, 0.5) is 0 Å². The fourth-order valence-corrected chi connectivity index (χ4v) is 0.889. The first kappa shape index (κ1) is 9.33. The van der Waals surface area contributed by atoms with Crippen molar-refractivity contribution in [3.63, 3.8) is 0 Å². The van der Waals surface area contributed by atoms with E-state index in [0.717, 1.165) is 0 Å².